The zero-order valence-corrected chi connectivity index (χ0v) is 23.5. The zero-order valence-electron chi connectivity index (χ0n) is 21.1. The van der Waals surface area contributed by atoms with E-state index in [9.17, 15) is 17.6 Å². The van der Waals surface area contributed by atoms with Crippen molar-refractivity contribution in [2.75, 3.05) is 5.75 Å². The molecule has 1 aliphatic heterocycles. The number of carbonyl (C=O) groups excluding carboxylic acids is 1. The number of rotatable bonds is 7. The van der Waals surface area contributed by atoms with Crippen molar-refractivity contribution in [2.24, 2.45) is 5.10 Å². The van der Waals surface area contributed by atoms with Crippen LogP contribution in [0.3, 0.4) is 0 Å². The topological polar surface area (TPSA) is 71.7 Å². The van der Waals surface area contributed by atoms with Gasteiger partial charge in [-0.25, -0.2) is 17.8 Å². The molecular formula is C30H23ClFN3O3S2. The van der Waals surface area contributed by atoms with E-state index in [0.29, 0.717) is 34.6 Å². The highest BCUT2D eigenvalue weighted by molar-refractivity contribution is 7.92. The summed E-state index contributed by atoms with van der Waals surface area (Å²) in [6.45, 7) is 0.372. The molecule has 2 aromatic heterocycles. The van der Waals surface area contributed by atoms with Crippen LogP contribution >= 0.6 is 22.9 Å². The second-order valence-electron chi connectivity index (χ2n) is 9.52. The van der Waals surface area contributed by atoms with Crippen LogP contribution in [0.1, 0.15) is 28.5 Å². The molecule has 0 spiro atoms. The Hall–Kier alpha value is -3.79. The highest BCUT2D eigenvalue weighted by Gasteiger charge is 2.36. The van der Waals surface area contributed by atoms with Gasteiger partial charge in [0.1, 0.15) is 11.6 Å². The Balaban J connectivity index is 1.34. The summed E-state index contributed by atoms with van der Waals surface area (Å²) in [6.07, 6.45) is 1.97. The third-order valence-electron chi connectivity index (χ3n) is 6.93. The number of para-hydroxylation sites is 1. The van der Waals surface area contributed by atoms with Crippen LogP contribution in [-0.2, 0) is 21.2 Å². The van der Waals surface area contributed by atoms with Gasteiger partial charge in [0, 0.05) is 35.1 Å². The molecule has 1 amide bonds. The van der Waals surface area contributed by atoms with Gasteiger partial charge in [-0.15, -0.1) is 11.3 Å². The molecule has 3 heterocycles. The van der Waals surface area contributed by atoms with E-state index >= 15 is 0 Å². The van der Waals surface area contributed by atoms with Crippen LogP contribution in [0.4, 0.5) is 4.39 Å². The smallest absolute Gasteiger partial charge is 0.258 e. The van der Waals surface area contributed by atoms with Gasteiger partial charge in [0.2, 0.25) is 0 Å². The Morgan fingerprint density at radius 1 is 1.00 bits per heavy atom. The number of carbonyl (C=O) groups is 1. The van der Waals surface area contributed by atoms with E-state index in [1.807, 2.05) is 52.4 Å². The summed E-state index contributed by atoms with van der Waals surface area (Å²) in [5.74, 6) is -1.80. The second kappa shape index (κ2) is 10.6. The molecular weight excluding hydrogens is 569 g/mol. The van der Waals surface area contributed by atoms with Gasteiger partial charge >= 0.3 is 0 Å². The average molecular weight is 592 g/mol. The standard InChI is InChI=1S/C30H23ClFN3O3S2/c31-24-8-3-1-6-21(24)17-34-18-29(23-7-2-4-9-26(23)34)40(37,38)19-30(36)35-27(20-11-13-22(32)14-12-20)16-25(33-35)28-10-5-15-39-28/h1-15,18,27H,16-17,19H2/t27-/m1/s1. The lowest BCUT2D eigenvalue weighted by Gasteiger charge is -2.22. The highest BCUT2D eigenvalue weighted by atomic mass is 35.5. The van der Waals surface area contributed by atoms with Gasteiger partial charge in [-0.2, -0.15) is 5.10 Å². The minimum atomic E-state index is -4.06. The van der Waals surface area contributed by atoms with Crippen LogP contribution in [0.5, 0.6) is 0 Å². The normalized spacial score (nSPS) is 15.5. The first-order valence-corrected chi connectivity index (χ1v) is 15.4. The van der Waals surface area contributed by atoms with E-state index < -0.39 is 33.4 Å². The first kappa shape index (κ1) is 26.4. The summed E-state index contributed by atoms with van der Waals surface area (Å²) in [5, 5.41) is 8.82. The van der Waals surface area contributed by atoms with Crippen molar-refractivity contribution in [1.29, 1.82) is 0 Å². The Morgan fingerprint density at radius 2 is 1.75 bits per heavy atom. The number of thiophene rings is 1. The molecule has 3 aromatic carbocycles. The SMILES string of the molecule is O=C(CS(=O)(=O)c1cn(Cc2ccccc2Cl)c2ccccc12)N1N=C(c2cccs2)C[C@@H]1c1ccc(F)cc1. The summed E-state index contributed by atoms with van der Waals surface area (Å²) in [6, 6.07) is 23.7. The lowest BCUT2D eigenvalue weighted by molar-refractivity contribution is -0.130. The van der Waals surface area contributed by atoms with Crippen LogP contribution in [0, 0.1) is 5.82 Å². The number of nitrogens with zero attached hydrogens (tertiary/aromatic N) is 3. The lowest BCUT2D eigenvalue weighted by atomic mass is 10.0. The van der Waals surface area contributed by atoms with Gasteiger partial charge in [0.15, 0.2) is 9.84 Å². The molecule has 0 saturated carbocycles. The minimum Gasteiger partial charge on any atom is -0.342 e. The zero-order chi connectivity index (χ0) is 27.9. The van der Waals surface area contributed by atoms with Gasteiger partial charge in [0.05, 0.1) is 21.5 Å². The maximum atomic E-state index is 13.8. The summed E-state index contributed by atoms with van der Waals surface area (Å²) in [5.41, 5.74) is 2.93. The summed E-state index contributed by atoms with van der Waals surface area (Å²) >= 11 is 7.86. The number of amides is 1. The number of halogens is 2. The van der Waals surface area contributed by atoms with Crippen molar-refractivity contribution < 1.29 is 17.6 Å². The highest BCUT2D eigenvalue weighted by Crippen LogP contribution is 2.35. The van der Waals surface area contributed by atoms with Gasteiger partial charge in [-0.05, 0) is 46.8 Å². The van der Waals surface area contributed by atoms with E-state index in [1.165, 1.54) is 28.5 Å². The molecule has 6 rings (SSSR count). The van der Waals surface area contributed by atoms with Gasteiger partial charge in [0.25, 0.3) is 5.91 Å². The third-order valence-corrected chi connectivity index (χ3v) is 9.84. The number of hydrogen-bond acceptors (Lipinski definition) is 5. The maximum absolute atomic E-state index is 13.8. The Labute approximate surface area is 239 Å². The molecule has 0 radical (unpaired) electrons. The molecule has 10 heteroatoms. The average Bonchev–Trinajstić information content (AvgIpc) is 3.70. The van der Waals surface area contributed by atoms with Gasteiger partial charge < -0.3 is 4.57 Å². The molecule has 0 saturated heterocycles. The van der Waals surface area contributed by atoms with Crippen molar-refractivity contribution in [2.45, 2.75) is 23.9 Å². The molecule has 0 unspecified atom stereocenters. The van der Waals surface area contributed by atoms with Crippen LogP contribution in [-0.4, -0.2) is 35.4 Å². The van der Waals surface area contributed by atoms with Crippen LogP contribution in [0.15, 0.2) is 107 Å². The minimum absolute atomic E-state index is 0.0727. The molecule has 1 atom stereocenters. The first-order valence-electron chi connectivity index (χ1n) is 12.5. The fraction of sp³-hybridized carbons (Fsp3) is 0.133. The number of hydrazone groups is 1. The van der Waals surface area contributed by atoms with Crippen molar-refractivity contribution in [3.05, 3.63) is 123 Å². The van der Waals surface area contributed by atoms with Crippen molar-refractivity contribution in [3.8, 4) is 0 Å². The van der Waals surface area contributed by atoms with E-state index in [2.05, 4.69) is 5.10 Å². The molecule has 1 aliphatic rings. The van der Waals surface area contributed by atoms with Crippen molar-refractivity contribution in [3.63, 3.8) is 0 Å². The number of aromatic nitrogens is 1. The second-order valence-corrected chi connectivity index (χ2v) is 12.8. The first-order chi connectivity index (χ1) is 19.3. The third kappa shape index (κ3) is 5.08. The molecule has 0 fully saturated rings. The van der Waals surface area contributed by atoms with Crippen LogP contribution in [0.25, 0.3) is 10.9 Å². The van der Waals surface area contributed by atoms with Crippen LogP contribution < -0.4 is 0 Å². The summed E-state index contributed by atoms with van der Waals surface area (Å²) in [4.78, 5) is 14.6. The molecule has 0 bridgehead atoms. The predicted octanol–water partition coefficient (Wildman–Crippen LogP) is 6.70. The molecule has 40 heavy (non-hydrogen) atoms. The number of sulfone groups is 1. The van der Waals surface area contributed by atoms with Gasteiger partial charge in [-0.3, -0.25) is 4.79 Å². The van der Waals surface area contributed by atoms with Gasteiger partial charge in [-0.1, -0.05) is 66.2 Å². The van der Waals surface area contributed by atoms with Crippen LogP contribution in [0.2, 0.25) is 5.02 Å². The lowest BCUT2D eigenvalue weighted by Crippen LogP contribution is -2.32. The van der Waals surface area contributed by atoms with E-state index in [4.69, 9.17) is 11.6 Å². The molecule has 202 valence electrons. The quantitative estimate of drug-likeness (QED) is 0.212. The largest absolute Gasteiger partial charge is 0.342 e. The number of benzene rings is 3. The summed E-state index contributed by atoms with van der Waals surface area (Å²) in [7, 11) is -4.06. The number of hydrogen-bond donors (Lipinski definition) is 0. The Kier molecular flexibility index (Phi) is 7.04. The molecule has 6 nitrogen and oxygen atoms in total. The van der Waals surface area contributed by atoms with E-state index in [1.54, 1.807) is 36.5 Å². The van der Waals surface area contributed by atoms with Crippen molar-refractivity contribution in [1.82, 2.24) is 9.58 Å². The number of fused-ring (bicyclic) bond motifs is 1. The fourth-order valence-electron chi connectivity index (χ4n) is 4.98. The Morgan fingerprint density at radius 3 is 2.50 bits per heavy atom. The molecule has 0 aliphatic carbocycles. The monoisotopic (exact) mass is 591 g/mol. The fourth-order valence-corrected chi connectivity index (χ4v) is 7.31. The maximum Gasteiger partial charge on any atom is 0.258 e. The van der Waals surface area contributed by atoms with Crippen molar-refractivity contribution >= 4 is 55.3 Å². The molecule has 5 aromatic rings. The van der Waals surface area contributed by atoms with E-state index in [0.717, 1.165) is 16.0 Å². The van der Waals surface area contributed by atoms with E-state index in [-0.39, 0.29) is 4.90 Å². The Bertz CT molecular complexity index is 1850. The predicted molar refractivity (Wildman–Crippen MR) is 156 cm³/mol. The summed E-state index contributed by atoms with van der Waals surface area (Å²) < 4.78 is 43.0. The molecule has 0 N–H and O–H groups in total.